The largest absolute Gasteiger partial charge is 0.356 e. The van der Waals surface area contributed by atoms with Gasteiger partial charge in [-0.05, 0) is 31.2 Å². The standard InChI is InChI=1S/C14H20N2O/c15-14(8-4-9-14)11-13(17)16-10-7-12-5-2-1-3-6-12/h1-3,5-6H,4,7-11,15H2,(H,16,17). The van der Waals surface area contributed by atoms with E-state index in [0.717, 1.165) is 25.7 Å². The molecule has 1 aliphatic carbocycles. The number of carbonyl (C=O) groups excluding carboxylic acids is 1. The topological polar surface area (TPSA) is 55.1 Å². The lowest BCUT2D eigenvalue weighted by Crippen LogP contribution is -2.50. The molecule has 1 aromatic rings. The lowest BCUT2D eigenvalue weighted by atomic mass is 9.75. The molecule has 0 unspecified atom stereocenters. The Balaban J connectivity index is 1.66. The molecule has 0 spiro atoms. The molecule has 0 radical (unpaired) electrons. The van der Waals surface area contributed by atoms with Gasteiger partial charge in [-0.25, -0.2) is 0 Å². The third-order valence-electron chi connectivity index (χ3n) is 3.44. The lowest BCUT2D eigenvalue weighted by molar-refractivity contribution is -0.122. The van der Waals surface area contributed by atoms with E-state index in [9.17, 15) is 4.79 Å². The fraction of sp³-hybridized carbons (Fsp3) is 0.500. The molecule has 1 amide bonds. The van der Waals surface area contributed by atoms with Crippen molar-refractivity contribution in [3.63, 3.8) is 0 Å². The molecule has 0 aliphatic heterocycles. The molecule has 3 heteroatoms. The number of hydrogen-bond acceptors (Lipinski definition) is 2. The summed E-state index contributed by atoms with van der Waals surface area (Å²) >= 11 is 0. The van der Waals surface area contributed by atoms with Gasteiger partial charge in [0.1, 0.15) is 0 Å². The molecule has 17 heavy (non-hydrogen) atoms. The van der Waals surface area contributed by atoms with E-state index in [2.05, 4.69) is 17.4 Å². The molecule has 92 valence electrons. The van der Waals surface area contributed by atoms with Gasteiger partial charge in [0, 0.05) is 18.5 Å². The van der Waals surface area contributed by atoms with Crippen LogP contribution in [0.2, 0.25) is 0 Å². The van der Waals surface area contributed by atoms with Gasteiger partial charge in [-0.1, -0.05) is 30.3 Å². The van der Waals surface area contributed by atoms with Crippen molar-refractivity contribution in [2.45, 2.75) is 37.6 Å². The summed E-state index contributed by atoms with van der Waals surface area (Å²) in [5.74, 6) is 0.0862. The first-order valence-electron chi connectivity index (χ1n) is 6.27. The minimum Gasteiger partial charge on any atom is -0.356 e. The smallest absolute Gasteiger partial charge is 0.221 e. The first kappa shape index (κ1) is 12.1. The van der Waals surface area contributed by atoms with Crippen molar-refractivity contribution in [2.24, 2.45) is 5.73 Å². The highest BCUT2D eigenvalue weighted by molar-refractivity contribution is 5.77. The molecule has 0 saturated heterocycles. The van der Waals surface area contributed by atoms with Gasteiger partial charge in [-0.15, -0.1) is 0 Å². The van der Waals surface area contributed by atoms with Gasteiger partial charge < -0.3 is 11.1 Å². The van der Waals surface area contributed by atoms with E-state index in [1.165, 1.54) is 5.56 Å². The van der Waals surface area contributed by atoms with Gasteiger partial charge >= 0.3 is 0 Å². The van der Waals surface area contributed by atoms with E-state index in [4.69, 9.17) is 5.73 Å². The molecule has 1 fully saturated rings. The summed E-state index contributed by atoms with van der Waals surface area (Å²) < 4.78 is 0. The van der Waals surface area contributed by atoms with E-state index in [1.54, 1.807) is 0 Å². The third-order valence-corrected chi connectivity index (χ3v) is 3.44. The molecule has 1 aromatic carbocycles. The maximum atomic E-state index is 11.7. The van der Waals surface area contributed by atoms with Crippen LogP contribution in [0.25, 0.3) is 0 Å². The zero-order valence-electron chi connectivity index (χ0n) is 10.1. The maximum absolute atomic E-state index is 11.7. The van der Waals surface area contributed by atoms with E-state index >= 15 is 0 Å². The summed E-state index contributed by atoms with van der Waals surface area (Å²) in [5, 5.41) is 2.94. The summed E-state index contributed by atoms with van der Waals surface area (Å²) in [7, 11) is 0. The molecule has 0 atom stereocenters. The van der Waals surface area contributed by atoms with Crippen molar-refractivity contribution in [2.75, 3.05) is 6.54 Å². The van der Waals surface area contributed by atoms with Crippen molar-refractivity contribution in [3.8, 4) is 0 Å². The normalized spacial score (nSPS) is 17.2. The van der Waals surface area contributed by atoms with Gasteiger partial charge in [0.05, 0.1) is 0 Å². The van der Waals surface area contributed by atoms with Gasteiger partial charge in [-0.3, -0.25) is 4.79 Å². The van der Waals surface area contributed by atoms with Crippen LogP contribution in [0.1, 0.15) is 31.2 Å². The van der Waals surface area contributed by atoms with Gasteiger partial charge in [0.25, 0.3) is 0 Å². The minimum absolute atomic E-state index is 0.0862. The highest BCUT2D eigenvalue weighted by Crippen LogP contribution is 2.31. The molecule has 1 saturated carbocycles. The molecular formula is C14H20N2O. The second-order valence-corrected chi connectivity index (χ2v) is 4.98. The molecule has 0 bridgehead atoms. The average Bonchev–Trinajstić information content (AvgIpc) is 2.28. The Morgan fingerprint density at radius 2 is 2.00 bits per heavy atom. The number of rotatable bonds is 5. The number of hydrogen-bond donors (Lipinski definition) is 2. The number of nitrogens with one attached hydrogen (secondary N) is 1. The third kappa shape index (κ3) is 3.56. The number of carbonyl (C=O) groups is 1. The number of nitrogens with two attached hydrogens (primary N) is 1. The Bertz CT molecular complexity index is 371. The molecule has 0 heterocycles. The maximum Gasteiger partial charge on any atom is 0.221 e. The van der Waals surface area contributed by atoms with Crippen LogP contribution in [-0.4, -0.2) is 18.0 Å². The average molecular weight is 232 g/mol. The quantitative estimate of drug-likeness (QED) is 0.810. The predicted octanol–water partition coefficient (Wildman–Crippen LogP) is 1.62. The zero-order chi connectivity index (χ0) is 12.1. The van der Waals surface area contributed by atoms with Crippen molar-refractivity contribution in [3.05, 3.63) is 35.9 Å². The second-order valence-electron chi connectivity index (χ2n) is 4.98. The minimum atomic E-state index is -0.211. The van der Waals surface area contributed by atoms with Crippen LogP contribution in [-0.2, 0) is 11.2 Å². The van der Waals surface area contributed by atoms with Gasteiger partial charge in [0.2, 0.25) is 5.91 Å². The molecule has 3 N–H and O–H groups in total. The molecular weight excluding hydrogens is 212 g/mol. The summed E-state index contributed by atoms with van der Waals surface area (Å²) in [5.41, 5.74) is 7.06. The second kappa shape index (κ2) is 5.32. The SMILES string of the molecule is NC1(CC(=O)NCCc2ccccc2)CCC1. The fourth-order valence-corrected chi connectivity index (χ4v) is 2.18. The van der Waals surface area contributed by atoms with E-state index < -0.39 is 0 Å². The monoisotopic (exact) mass is 232 g/mol. The summed E-state index contributed by atoms with van der Waals surface area (Å²) in [4.78, 5) is 11.7. The van der Waals surface area contributed by atoms with Gasteiger partial charge in [-0.2, -0.15) is 0 Å². The fourth-order valence-electron chi connectivity index (χ4n) is 2.18. The molecule has 2 rings (SSSR count). The Morgan fingerprint density at radius 1 is 1.29 bits per heavy atom. The first-order valence-corrected chi connectivity index (χ1v) is 6.27. The van der Waals surface area contributed by atoms with Crippen LogP contribution >= 0.6 is 0 Å². The Morgan fingerprint density at radius 3 is 2.59 bits per heavy atom. The Hall–Kier alpha value is -1.35. The lowest BCUT2D eigenvalue weighted by Gasteiger charge is -2.37. The van der Waals surface area contributed by atoms with Crippen molar-refractivity contribution in [1.29, 1.82) is 0 Å². The van der Waals surface area contributed by atoms with Crippen LogP contribution in [0.5, 0.6) is 0 Å². The highest BCUT2D eigenvalue weighted by Gasteiger charge is 2.34. The summed E-state index contributed by atoms with van der Waals surface area (Å²) in [6.45, 7) is 0.693. The van der Waals surface area contributed by atoms with Crippen LogP contribution in [0.3, 0.4) is 0 Å². The zero-order valence-corrected chi connectivity index (χ0v) is 10.1. The van der Waals surface area contributed by atoms with Crippen LogP contribution in [0.4, 0.5) is 0 Å². The summed E-state index contributed by atoms with van der Waals surface area (Å²) in [6.07, 6.45) is 4.48. The van der Waals surface area contributed by atoms with Gasteiger partial charge in [0.15, 0.2) is 0 Å². The Labute approximate surface area is 102 Å². The summed E-state index contributed by atoms with van der Waals surface area (Å²) in [6, 6.07) is 10.2. The number of amides is 1. The van der Waals surface area contributed by atoms with Crippen molar-refractivity contribution < 1.29 is 4.79 Å². The molecule has 1 aliphatic rings. The van der Waals surface area contributed by atoms with Crippen molar-refractivity contribution >= 4 is 5.91 Å². The van der Waals surface area contributed by atoms with E-state index in [0.29, 0.717) is 13.0 Å². The van der Waals surface area contributed by atoms with Crippen LogP contribution in [0.15, 0.2) is 30.3 Å². The van der Waals surface area contributed by atoms with Crippen molar-refractivity contribution in [1.82, 2.24) is 5.32 Å². The first-order chi connectivity index (χ1) is 8.18. The highest BCUT2D eigenvalue weighted by atomic mass is 16.1. The van der Waals surface area contributed by atoms with Crippen LogP contribution in [0, 0.1) is 0 Å². The molecule has 3 nitrogen and oxygen atoms in total. The van der Waals surface area contributed by atoms with E-state index in [-0.39, 0.29) is 11.4 Å². The van der Waals surface area contributed by atoms with Crippen LogP contribution < -0.4 is 11.1 Å². The molecule has 0 aromatic heterocycles. The Kier molecular flexibility index (Phi) is 3.79. The number of benzene rings is 1. The predicted molar refractivity (Wildman–Crippen MR) is 68.5 cm³/mol. The van der Waals surface area contributed by atoms with E-state index in [1.807, 2.05) is 18.2 Å².